The van der Waals surface area contributed by atoms with Crippen molar-refractivity contribution >= 4 is 34.3 Å². The van der Waals surface area contributed by atoms with Gasteiger partial charge in [-0.1, -0.05) is 18.2 Å². The van der Waals surface area contributed by atoms with Crippen molar-refractivity contribution in [2.24, 2.45) is 0 Å². The summed E-state index contributed by atoms with van der Waals surface area (Å²) in [5.41, 5.74) is 2.33. The molecule has 3 rings (SSSR count). The number of nitrogens with one attached hydrogen (secondary N) is 1. The second kappa shape index (κ2) is 5.93. The molecule has 0 bridgehead atoms. The zero-order valence-electron chi connectivity index (χ0n) is 12.3. The van der Waals surface area contributed by atoms with Crippen molar-refractivity contribution in [2.75, 3.05) is 30.4 Å². The first-order valence-corrected chi connectivity index (χ1v) is 8.32. The first-order valence-electron chi connectivity index (χ1n) is 7.17. The van der Waals surface area contributed by atoms with E-state index in [2.05, 4.69) is 17.2 Å². The fourth-order valence-corrected chi connectivity index (χ4v) is 3.68. The number of fused-ring (bicyclic) bond motifs is 1. The summed E-state index contributed by atoms with van der Waals surface area (Å²) >= 11 is 1.90. The van der Waals surface area contributed by atoms with Gasteiger partial charge < -0.3 is 10.2 Å². The third-order valence-corrected chi connectivity index (χ3v) is 5.02. The zero-order chi connectivity index (χ0) is 14.8. The second-order valence-corrected chi connectivity index (χ2v) is 6.39. The van der Waals surface area contributed by atoms with Crippen LogP contribution >= 0.6 is 11.8 Å². The molecule has 1 N–H and O–H groups in total. The van der Waals surface area contributed by atoms with Gasteiger partial charge in [-0.25, -0.2) is 4.98 Å². The molecule has 1 amide bonds. The molecular formula is C16H19N3OS. The van der Waals surface area contributed by atoms with E-state index in [1.807, 2.05) is 54.0 Å². The normalized spacial score (nSPS) is 18.8. The van der Waals surface area contributed by atoms with Gasteiger partial charge in [-0.2, -0.15) is 11.8 Å². The Balaban J connectivity index is 2.01. The van der Waals surface area contributed by atoms with Crippen molar-refractivity contribution in [3.05, 3.63) is 36.0 Å². The van der Waals surface area contributed by atoms with Crippen LogP contribution in [0.3, 0.4) is 0 Å². The van der Waals surface area contributed by atoms with Gasteiger partial charge in [-0.15, -0.1) is 0 Å². The average molecular weight is 301 g/mol. The lowest BCUT2D eigenvalue weighted by atomic mass is 10.1. The molecule has 1 aromatic heterocycles. The lowest BCUT2D eigenvalue weighted by molar-refractivity contribution is 0.0710. The SMILES string of the molecule is CNc1cc(C(=O)N2CCSCC2C)nc2ccccc12. The molecule has 2 aromatic rings. The molecule has 0 aliphatic carbocycles. The molecule has 1 unspecified atom stereocenters. The van der Waals surface area contributed by atoms with Crippen LogP contribution in [0.4, 0.5) is 5.69 Å². The van der Waals surface area contributed by atoms with Gasteiger partial charge in [0, 0.05) is 42.2 Å². The number of nitrogens with zero attached hydrogens (tertiary/aromatic N) is 2. The number of amides is 1. The Bertz CT molecular complexity index is 674. The summed E-state index contributed by atoms with van der Waals surface area (Å²) in [4.78, 5) is 19.2. The molecule has 5 heteroatoms. The summed E-state index contributed by atoms with van der Waals surface area (Å²) < 4.78 is 0. The third kappa shape index (κ3) is 2.70. The maximum absolute atomic E-state index is 12.7. The quantitative estimate of drug-likeness (QED) is 0.926. The van der Waals surface area contributed by atoms with Gasteiger partial charge in [0.25, 0.3) is 5.91 Å². The van der Waals surface area contributed by atoms with E-state index < -0.39 is 0 Å². The van der Waals surface area contributed by atoms with Crippen LogP contribution in [0.2, 0.25) is 0 Å². The van der Waals surface area contributed by atoms with Crippen LogP contribution in [0.15, 0.2) is 30.3 Å². The summed E-state index contributed by atoms with van der Waals surface area (Å²) in [6.07, 6.45) is 0. The molecule has 1 aliphatic rings. The molecule has 21 heavy (non-hydrogen) atoms. The number of carbonyl (C=O) groups excluding carboxylic acids is 1. The van der Waals surface area contributed by atoms with Crippen LogP contribution in [0.25, 0.3) is 10.9 Å². The van der Waals surface area contributed by atoms with E-state index in [1.54, 1.807) is 0 Å². The monoisotopic (exact) mass is 301 g/mol. The van der Waals surface area contributed by atoms with E-state index in [0.29, 0.717) is 5.69 Å². The minimum atomic E-state index is 0.0325. The first-order chi connectivity index (χ1) is 10.2. The fraction of sp³-hybridized carbons (Fsp3) is 0.375. The second-order valence-electron chi connectivity index (χ2n) is 5.24. The smallest absolute Gasteiger partial charge is 0.272 e. The van der Waals surface area contributed by atoms with Crippen molar-refractivity contribution in [1.29, 1.82) is 0 Å². The lowest BCUT2D eigenvalue weighted by Gasteiger charge is -2.32. The van der Waals surface area contributed by atoms with Gasteiger partial charge in [0.05, 0.1) is 5.52 Å². The fourth-order valence-electron chi connectivity index (χ4n) is 2.67. The van der Waals surface area contributed by atoms with Crippen LogP contribution in [0.1, 0.15) is 17.4 Å². The van der Waals surface area contributed by atoms with E-state index in [0.717, 1.165) is 34.6 Å². The maximum Gasteiger partial charge on any atom is 0.272 e. The van der Waals surface area contributed by atoms with Gasteiger partial charge in [-0.05, 0) is 19.1 Å². The predicted octanol–water partition coefficient (Wildman–Crippen LogP) is 2.85. The number of hydrogen-bond donors (Lipinski definition) is 1. The number of aromatic nitrogens is 1. The number of rotatable bonds is 2. The minimum absolute atomic E-state index is 0.0325. The van der Waals surface area contributed by atoms with Crippen molar-refractivity contribution in [3.8, 4) is 0 Å². The summed E-state index contributed by atoms with van der Waals surface area (Å²) in [6.45, 7) is 2.90. The highest BCUT2D eigenvalue weighted by Gasteiger charge is 2.26. The van der Waals surface area contributed by atoms with Crippen molar-refractivity contribution in [2.45, 2.75) is 13.0 Å². The van der Waals surface area contributed by atoms with Crippen LogP contribution in [0.5, 0.6) is 0 Å². The molecular weight excluding hydrogens is 282 g/mol. The van der Waals surface area contributed by atoms with Crippen LogP contribution in [-0.4, -0.2) is 46.9 Å². The van der Waals surface area contributed by atoms with Crippen molar-refractivity contribution < 1.29 is 4.79 Å². The van der Waals surface area contributed by atoms with E-state index in [-0.39, 0.29) is 11.9 Å². The summed E-state index contributed by atoms with van der Waals surface area (Å²) in [7, 11) is 1.87. The van der Waals surface area contributed by atoms with Crippen LogP contribution in [-0.2, 0) is 0 Å². The van der Waals surface area contributed by atoms with Gasteiger partial charge in [-0.3, -0.25) is 4.79 Å². The Morgan fingerprint density at radius 2 is 2.24 bits per heavy atom. The van der Waals surface area contributed by atoms with E-state index in [9.17, 15) is 4.79 Å². The molecule has 1 fully saturated rings. The number of anilines is 1. The molecule has 0 saturated carbocycles. The Kier molecular flexibility index (Phi) is 4.01. The highest BCUT2D eigenvalue weighted by molar-refractivity contribution is 7.99. The number of hydrogen-bond acceptors (Lipinski definition) is 4. The van der Waals surface area contributed by atoms with E-state index in [4.69, 9.17) is 0 Å². The van der Waals surface area contributed by atoms with Gasteiger partial charge >= 0.3 is 0 Å². The van der Waals surface area contributed by atoms with Gasteiger partial charge in [0.2, 0.25) is 0 Å². The molecule has 1 aliphatic heterocycles. The molecule has 2 heterocycles. The first kappa shape index (κ1) is 14.2. The molecule has 0 radical (unpaired) electrons. The topological polar surface area (TPSA) is 45.2 Å². The Morgan fingerprint density at radius 1 is 1.43 bits per heavy atom. The lowest BCUT2D eigenvalue weighted by Crippen LogP contribution is -2.44. The average Bonchev–Trinajstić information content (AvgIpc) is 2.53. The Labute approximate surface area is 128 Å². The number of thioether (sulfide) groups is 1. The number of pyridine rings is 1. The van der Waals surface area contributed by atoms with Gasteiger partial charge in [0.1, 0.15) is 5.69 Å². The van der Waals surface area contributed by atoms with Gasteiger partial charge in [0.15, 0.2) is 0 Å². The summed E-state index contributed by atoms with van der Waals surface area (Å²) in [5, 5.41) is 4.21. The van der Waals surface area contributed by atoms with Crippen molar-refractivity contribution in [3.63, 3.8) is 0 Å². The number of benzene rings is 1. The van der Waals surface area contributed by atoms with Crippen LogP contribution < -0.4 is 5.32 Å². The highest BCUT2D eigenvalue weighted by atomic mass is 32.2. The predicted molar refractivity (Wildman–Crippen MR) is 89.1 cm³/mol. The van der Waals surface area contributed by atoms with Crippen molar-refractivity contribution in [1.82, 2.24) is 9.88 Å². The molecule has 110 valence electrons. The minimum Gasteiger partial charge on any atom is -0.388 e. The molecule has 0 spiro atoms. The molecule has 4 nitrogen and oxygen atoms in total. The number of carbonyl (C=O) groups is 1. The summed E-state index contributed by atoms with van der Waals surface area (Å²) in [6, 6.07) is 10.0. The largest absolute Gasteiger partial charge is 0.388 e. The number of para-hydroxylation sites is 1. The molecule has 1 atom stereocenters. The maximum atomic E-state index is 12.7. The highest BCUT2D eigenvalue weighted by Crippen LogP contribution is 2.25. The Morgan fingerprint density at radius 3 is 3.00 bits per heavy atom. The molecule has 1 aromatic carbocycles. The zero-order valence-corrected chi connectivity index (χ0v) is 13.1. The Hall–Kier alpha value is -1.75. The molecule has 1 saturated heterocycles. The standard InChI is InChI=1S/C16H19N3OS/c1-11-10-21-8-7-19(11)16(20)15-9-14(17-2)12-5-3-4-6-13(12)18-15/h3-6,9,11H,7-8,10H2,1-2H3,(H,17,18). The summed E-state index contributed by atoms with van der Waals surface area (Å²) in [5.74, 6) is 2.03. The van der Waals surface area contributed by atoms with E-state index in [1.165, 1.54) is 0 Å². The van der Waals surface area contributed by atoms with E-state index >= 15 is 0 Å². The van der Waals surface area contributed by atoms with Crippen LogP contribution in [0, 0.1) is 0 Å². The third-order valence-electron chi connectivity index (χ3n) is 3.83.